The number of hydrogen-bond donors (Lipinski definition) is 3. The van der Waals surface area contributed by atoms with Gasteiger partial charge >= 0.3 is 0 Å². The third kappa shape index (κ3) is 4.53. The van der Waals surface area contributed by atoms with Crippen molar-refractivity contribution in [3.63, 3.8) is 0 Å². The molecular weight excluding hydrogens is 244 g/mol. The maximum atomic E-state index is 11.8. The van der Waals surface area contributed by atoms with Crippen LogP contribution < -0.4 is 15.4 Å². The molecule has 1 amide bonds. The van der Waals surface area contributed by atoms with E-state index in [0.29, 0.717) is 23.5 Å². The van der Waals surface area contributed by atoms with Gasteiger partial charge in [0.05, 0.1) is 25.4 Å². The molecule has 19 heavy (non-hydrogen) atoms. The smallest absolute Gasteiger partial charge is 0.251 e. The van der Waals surface area contributed by atoms with E-state index in [4.69, 9.17) is 16.3 Å². The Balaban J connectivity index is 2.85. The number of nitrogens with one attached hydrogen (secondary N) is 2. The highest BCUT2D eigenvalue weighted by Gasteiger charge is 2.10. The highest BCUT2D eigenvalue weighted by Crippen LogP contribution is 2.25. The lowest BCUT2D eigenvalue weighted by atomic mass is 10.1. The van der Waals surface area contributed by atoms with E-state index in [2.05, 4.69) is 16.6 Å². The quantitative estimate of drug-likeness (QED) is 0.665. The van der Waals surface area contributed by atoms with Gasteiger partial charge in [0.1, 0.15) is 5.75 Å². The number of anilines is 1. The van der Waals surface area contributed by atoms with E-state index < -0.39 is 6.10 Å². The lowest BCUT2D eigenvalue weighted by Gasteiger charge is -2.12. The first-order chi connectivity index (χ1) is 9.08. The number of terminal acetylenes is 1. The Hall–Kier alpha value is -2.19. The molecule has 0 aromatic heterocycles. The predicted octanol–water partition coefficient (Wildman–Crippen LogP) is 0.851. The van der Waals surface area contributed by atoms with Gasteiger partial charge in [-0.1, -0.05) is 5.92 Å². The van der Waals surface area contributed by atoms with Crippen LogP contribution >= 0.6 is 0 Å². The van der Waals surface area contributed by atoms with Crippen LogP contribution in [0.15, 0.2) is 18.2 Å². The average molecular weight is 262 g/mol. The van der Waals surface area contributed by atoms with Gasteiger partial charge in [0.25, 0.3) is 5.91 Å². The van der Waals surface area contributed by atoms with Crippen molar-refractivity contribution in [1.29, 1.82) is 0 Å². The number of methoxy groups -OCH3 is 1. The summed E-state index contributed by atoms with van der Waals surface area (Å²) in [6.07, 6.45) is 4.60. The molecule has 1 aromatic carbocycles. The van der Waals surface area contributed by atoms with Crippen molar-refractivity contribution in [2.45, 2.75) is 13.0 Å². The van der Waals surface area contributed by atoms with Crippen LogP contribution in [0.3, 0.4) is 0 Å². The molecule has 0 fully saturated rings. The molecule has 3 N–H and O–H groups in total. The molecule has 0 radical (unpaired) electrons. The van der Waals surface area contributed by atoms with E-state index in [0.717, 1.165) is 0 Å². The van der Waals surface area contributed by atoms with Crippen molar-refractivity contribution in [3.8, 4) is 18.1 Å². The largest absolute Gasteiger partial charge is 0.495 e. The maximum Gasteiger partial charge on any atom is 0.251 e. The summed E-state index contributed by atoms with van der Waals surface area (Å²) in [5, 5.41) is 14.7. The second-order valence-electron chi connectivity index (χ2n) is 4.03. The molecule has 0 aliphatic carbocycles. The molecule has 0 saturated heterocycles. The number of aliphatic hydroxyl groups excluding tert-OH is 1. The number of aliphatic hydroxyl groups is 1. The fourth-order valence-corrected chi connectivity index (χ4v) is 1.48. The van der Waals surface area contributed by atoms with Crippen molar-refractivity contribution in [2.24, 2.45) is 0 Å². The van der Waals surface area contributed by atoms with E-state index >= 15 is 0 Å². The van der Waals surface area contributed by atoms with Gasteiger partial charge in [0.15, 0.2) is 0 Å². The van der Waals surface area contributed by atoms with Crippen LogP contribution in [0.4, 0.5) is 5.69 Å². The lowest BCUT2D eigenvalue weighted by molar-refractivity contribution is 0.0924. The molecule has 1 atom stereocenters. The maximum absolute atomic E-state index is 11.8. The van der Waals surface area contributed by atoms with Gasteiger partial charge in [0, 0.05) is 12.1 Å². The molecular formula is C14H18N2O3. The van der Waals surface area contributed by atoms with E-state index in [-0.39, 0.29) is 12.5 Å². The number of rotatable bonds is 6. The van der Waals surface area contributed by atoms with Gasteiger partial charge in [-0.25, -0.2) is 0 Å². The van der Waals surface area contributed by atoms with Crippen LogP contribution in [-0.4, -0.2) is 37.3 Å². The molecule has 5 nitrogen and oxygen atoms in total. The Labute approximate surface area is 113 Å². The van der Waals surface area contributed by atoms with Crippen molar-refractivity contribution in [3.05, 3.63) is 23.8 Å². The first-order valence-corrected chi connectivity index (χ1v) is 5.90. The second-order valence-corrected chi connectivity index (χ2v) is 4.03. The Kier molecular flexibility index (Phi) is 5.71. The fourth-order valence-electron chi connectivity index (χ4n) is 1.48. The summed E-state index contributed by atoms with van der Waals surface area (Å²) in [5.74, 6) is 2.81. The number of ether oxygens (including phenoxy) is 1. The molecule has 0 spiro atoms. The molecule has 0 heterocycles. The van der Waals surface area contributed by atoms with Crippen molar-refractivity contribution < 1.29 is 14.6 Å². The van der Waals surface area contributed by atoms with E-state index in [9.17, 15) is 4.79 Å². The monoisotopic (exact) mass is 262 g/mol. The standard InChI is InChI=1S/C14H18N2O3/c1-4-7-15-12-8-11(5-6-13(12)19-3)14(18)16-9-10(2)17/h1,5-6,8,10,15,17H,7,9H2,2-3H3,(H,16,18)/t10-/m1/s1. The average Bonchev–Trinajstić information content (AvgIpc) is 2.42. The van der Waals surface area contributed by atoms with Crippen molar-refractivity contribution in [1.82, 2.24) is 5.32 Å². The Morgan fingerprint density at radius 1 is 1.58 bits per heavy atom. The number of amides is 1. The molecule has 0 aliphatic rings. The highest BCUT2D eigenvalue weighted by molar-refractivity contribution is 5.95. The van der Waals surface area contributed by atoms with Crippen LogP contribution in [0.1, 0.15) is 17.3 Å². The summed E-state index contributed by atoms with van der Waals surface area (Å²) in [7, 11) is 1.55. The Morgan fingerprint density at radius 2 is 2.32 bits per heavy atom. The number of carbonyl (C=O) groups excluding carboxylic acids is 1. The summed E-state index contributed by atoms with van der Waals surface area (Å²) < 4.78 is 5.17. The van der Waals surface area contributed by atoms with Crippen molar-refractivity contribution >= 4 is 11.6 Å². The molecule has 1 aromatic rings. The minimum Gasteiger partial charge on any atom is -0.495 e. The third-order valence-corrected chi connectivity index (χ3v) is 2.40. The van der Waals surface area contributed by atoms with E-state index in [1.165, 1.54) is 0 Å². The van der Waals surface area contributed by atoms with Gasteiger partial charge in [-0.05, 0) is 25.1 Å². The van der Waals surface area contributed by atoms with Gasteiger partial charge in [-0.3, -0.25) is 4.79 Å². The minimum atomic E-state index is -0.582. The predicted molar refractivity (Wildman–Crippen MR) is 74.3 cm³/mol. The molecule has 0 saturated carbocycles. The molecule has 5 heteroatoms. The first kappa shape index (κ1) is 14.9. The second kappa shape index (κ2) is 7.29. The normalized spacial score (nSPS) is 11.3. The lowest BCUT2D eigenvalue weighted by Crippen LogP contribution is -2.30. The fraction of sp³-hybridized carbons (Fsp3) is 0.357. The van der Waals surface area contributed by atoms with Crippen LogP contribution in [0.5, 0.6) is 5.75 Å². The Bertz CT molecular complexity index is 478. The van der Waals surface area contributed by atoms with Gasteiger partial charge in [0.2, 0.25) is 0 Å². The molecule has 1 rings (SSSR count). The topological polar surface area (TPSA) is 70.6 Å². The summed E-state index contributed by atoms with van der Waals surface area (Å²) in [5.41, 5.74) is 1.13. The highest BCUT2D eigenvalue weighted by atomic mass is 16.5. The summed E-state index contributed by atoms with van der Waals surface area (Å²) in [6, 6.07) is 5.00. The Morgan fingerprint density at radius 3 is 2.89 bits per heavy atom. The third-order valence-electron chi connectivity index (χ3n) is 2.40. The SMILES string of the molecule is C#CCNc1cc(C(=O)NC[C@@H](C)O)ccc1OC. The summed E-state index contributed by atoms with van der Waals surface area (Å²) in [4.78, 5) is 11.8. The van der Waals surface area contributed by atoms with Gasteiger partial charge in [-0.15, -0.1) is 6.42 Å². The first-order valence-electron chi connectivity index (χ1n) is 5.90. The van der Waals surface area contributed by atoms with Gasteiger partial charge in [-0.2, -0.15) is 0 Å². The van der Waals surface area contributed by atoms with Crippen molar-refractivity contribution in [2.75, 3.05) is 25.5 Å². The summed E-state index contributed by atoms with van der Waals surface area (Å²) in [6.45, 7) is 2.15. The molecule has 102 valence electrons. The van der Waals surface area contributed by atoms with Crippen LogP contribution in [0.25, 0.3) is 0 Å². The van der Waals surface area contributed by atoms with E-state index in [1.54, 1.807) is 32.2 Å². The number of carbonyl (C=O) groups is 1. The van der Waals surface area contributed by atoms with Gasteiger partial charge < -0.3 is 20.5 Å². The van der Waals surface area contributed by atoms with Crippen LogP contribution in [0, 0.1) is 12.3 Å². The number of benzene rings is 1. The zero-order chi connectivity index (χ0) is 14.3. The molecule has 0 unspecified atom stereocenters. The molecule has 0 bridgehead atoms. The summed E-state index contributed by atoms with van der Waals surface area (Å²) >= 11 is 0. The van der Waals surface area contributed by atoms with E-state index in [1.807, 2.05) is 0 Å². The zero-order valence-corrected chi connectivity index (χ0v) is 11.1. The zero-order valence-electron chi connectivity index (χ0n) is 11.1. The minimum absolute atomic E-state index is 0.206. The number of hydrogen-bond acceptors (Lipinski definition) is 4. The van der Waals surface area contributed by atoms with Crippen LogP contribution in [-0.2, 0) is 0 Å². The van der Waals surface area contributed by atoms with Crippen LogP contribution in [0.2, 0.25) is 0 Å². The molecule has 0 aliphatic heterocycles.